The minimum atomic E-state index is -0.847. The molecule has 3 heterocycles. The number of thiophene rings is 1. The van der Waals surface area contributed by atoms with E-state index in [1.165, 1.54) is 16.2 Å². The monoisotopic (exact) mass is 410 g/mol. The molecule has 1 amide bonds. The highest BCUT2D eigenvalue weighted by atomic mass is 35.5. The fourth-order valence-electron chi connectivity index (χ4n) is 3.30. The molecule has 140 valence electrons. The number of ketones is 1. The van der Waals surface area contributed by atoms with Gasteiger partial charge in [0.25, 0.3) is 5.91 Å². The normalized spacial score (nSPS) is 16.7. The lowest BCUT2D eigenvalue weighted by Gasteiger charge is -2.27. The van der Waals surface area contributed by atoms with Crippen LogP contribution in [0.2, 0.25) is 5.02 Å². The van der Waals surface area contributed by atoms with Crippen molar-refractivity contribution in [2.24, 2.45) is 0 Å². The molecular formula is C21H15ClN2O3S. The van der Waals surface area contributed by atoms with Crippen LogP contribution < -0.4 is 4.90 Å². The second kappa shape index (κ2) is 7.22. The van der Waals surface area contributed by atoms with E-state index >= 15 is 0 Å². The predicted molar refractivity (Wildman–Crippen MR) is 109 cm³/mol. The largest absolute Gasteiger partial charge is 0.503 e. The molecule has 5 nitrogen and oxygen atoms in total. The first-order valence-corrected chi connectivity index (χ1v) is 9.77. The second-order valence-electron chi connectivity index (χ2n) is 6.28. The number of Topliss-reactive ketones (excluding diaryl/α,β-unsaturated/α-hetero) is 1. The maximum atomic E-state index is 13.1. The summed E-state index contributed by atoms with van der Waals surface area (Å²) in [4.78, 5) is 32.4. The van der Waals surface area contributed by atoms with Gasteiger partial charge in [-0.05, 0) is 48.2 Å². The van der Waals surface area contributed by atoms with Gasteiger partial charge in [-0.25, -0.2) is 0 Å². The number of anilines is 1. The second-order valence-corrected chi connectivity index (χ2v) is 7.64. The minimum absolute atomic E-state index is 0.0190. The van der Waals surface area contributed by atoms with Crippen molar-refractivity contribution in [1.29, 1.82) is 0 Å². The van der Waals surface area contributed by atoms with Crippen molar-refractivity contribution < 1.29 is 14.7 Å². The number of carbonyl (C=O) groups is 2. The average molecular weight is 411 g/mol. The van der Waals surface area contributed by atoms with Crippen molar-refractivity contribution in [3.8, 4) is 0 Å². The van der Waals surface area contributed by atoms with Gasteiger partial charge in [0, 0.05) is 16.9 Å². The number of benzene rings is 1. The molecule has 1 N–H and O–H groups in total. The third-order valence-corrected chi connectivity index (χ3v) is 5.94. The van der Waals surface area contributed by atoms with E-state index in [9.17, 15) is 14.7 Å². The number of amides is 1. The van der Waals surface area contributed by atoms with Gasteiger partial charge in [0.15, 0.2) is 5.76 Å². The van der Waals surface area contributed by atoms with Crippen molar-refractivity contribution in [1.82, 2.24) is 4.98 Å². The van der Waals surface area contributed by atoms with Crippen LogP contribution in [0.15, 0.2) is 71.4 Å². The van der Waals surface area contributed by atoms with Gasteiger partial charge < -0.3 is 5.11 Å². The van der Waals surface area contributed by atoms with E-state index in [0.29, 0.717) is 26.8 Å². The number of aromatic nitrogens is 1. The van der Waals surface area contributed by atoms with E-state index in [0.717, 1.165) is 0 Å². The Kier molecular flexibility index (Phi) is 4.75. The Hall–Kier alpha value is -2.96. The summed E-state index contributed by atoms with van der Waals surface area (Å²) < 4.78 is 0. The molecule has 0 spiro atoms. The summed E-state index contributed by atoms with van der Waals surface area (Å²) in [6.45, 7) is 1.79. The summed E-state index contributed by atoms with van der Waals surface area (Å²) in [5, 5.41) is 12.9. The average Bonchev–Trinajstić information content (AvgIpc) is 3.32. The Morgan fingerprint density at radius 2 is 2.00 bits per heavy atom. The molecule has 4 rings (SSSR count). The summed E-state index contributed by atoms with van der Waals surface area (Å²) >= 11 is 7.51. The van der Waals surface area contributed by atoms with Crippen molar-refractivity contribution >= 4 is 40.3 Å². The summed E-state index contributed by atoms with van der Waals surface area (Å²) in [6.07, 6.45) is 1.59. The molecule has 1 unspecified atom stereocenters. The third kappa shape index (κ3) is 2.91. The molecule has 0 radical (unpaired) electrons. The van der Waals surface area contributed by atoms with Crippen LogP contribution in [0.5, 0.6) is 0 Å². The first kappa shape index (κ1) is 18.4. The van der Waals surface area contributed by atoms with E-state index in [1.54, 1.807) is 67.0 Å². The number of hydrogen-bond donors (Lipinski definition) is 1. The number of aliphatic hydroxyl groups excluding tert-OH is 1. The maximum Gasteiger partial charge on any atom is 0.294 e. The fraction of sp³-hybridized carbons (Fsp3) is 0.0952. The number of nitrogens with zero attached hydrogens (tertiary/aromatic N) is 2. The number of hydrogen-bond acceptors (Lipinski definition) is 5. The van der Waals surface area contributed by atoms with E-state index in [4.69, 9.17) is 11.6 Å². The lowest BCUT2D eigenvalue weighted by atomic mass is 9.98. The zero-order valence-electron chi connectivity index (χ0n) is 14.8. The Balaban J connectivity index is 1.92. The van der Waals surface area contributed by atoms with Gasteiger partial charge in [0.1, 0.15) is 6.04 Å². The molecule has 3 aromatic rings. The van der Waals surface area contributed by atoms with Crippen LogP contribution >= 0.6 is 22.9 Å². The molecule has 1 atom stereocenters. The molecular weight excluding hydrogens is 396 g/mol. The molecule has 0 aliphatic carbocycles. The van der Waals surface area contributed by atoms with E-state index in [-0.39, 0.29) is 5.57 Å². The molecule has 7 heteroatoms. The molecule has 0 saturated heterocycles. The van der Waals surface area contributed by atoms with Crippen LogP contribution in [-0.4, -0.2) is 21.8 Å². The van der Waals surface area contributed by atoms with Gasteiger partial charge >= 0.3 is 0 Å². The lowest BCUT2D eigenvalue weighted by molar-refractivity contribution is -0.117. The Morgan fingerprint density at radius 3 is 2.68 bits per heavy atom. The van der Waals surface area contributed by atoms with Gasteiger partial charge in [0.2, 0.25) is 5.78 Å². The summed E-state index contributed by atoms with van der Waals surface area (Å²) in [5.41, 5.74) is 1.70. The van der Waals surface area contributed by atoms with Gasteiger partial charge in [-0.1, -0.05) is 29.8 Å². The van der Waals surface area contributed by atoms with Crippen molar-refractivity contribution in [2.75, 3.05) is 4.90 Å². The third-order valence-electron chi connectivity index (χ3n) is 4.66. The Morgan fingerprint density at radius 1 is 1.18 bits per heavy atom. The van der Waals surface area contributed by atoms with E-state index in [2.05, 4.69) is 4.98 Å². The van der Waals surface area contributed by atoms with Gasteiger partial charge in [-0.15, -0.1) is 11.3 Å². The van der Waals surface area contributed by atoms with E-state index < -0.39 is 23.5 Å². The van der Waals surface area contributed by atoms with Crippen LogP contribution in [0.3, 0.4) is 0 Å². The lowest BCUT2D eigenvalue weighted by Crippen LogP contribution is -2.32. The van der Waals surface area contributed by atoms with Crippen molar-refractivity contribution in [3.05, 3.63) is 92.6 Å². The zero-order chi connectivity index (χ0) is 19.8. The van der Waals surface area contributed by atoms with Gasteiger partial charge in [0.05, 0.1) is 16.1 Å². The predicted octanol–water partition coefficient (Wildman–Crippen LogP) is 4.89. The van der Waals surface area contributed by atoms with Crippen LogP contribution in [0, 0.1) is 6.92 Å². The zero-order valence-corrected chi connectivity index (χ0v) is 16.4. The molecule has 1 aliphatic heterocycles. The topological polar surface area (TPSA) is 70.5 Å². The summed E-state index contributed by atoms with van der Waals surface area (Å²) in [6, 6.07) is 13.0. The molecule has 28 heavy (non-hydrogen) atoms. The van der Waals surface area contributed by atoms with Crippen LogP contribution in [-0.2, 0) is 4.79 Å². The Labute approximate surface area is 170 Å². The first-order chi connectivity index (χ1) is 13.5. The minimum Gasteiger partial charge on any atom is -0.503 e. The Bertz CT molecular complexity index is 1090. The fourth-order valence-corrected chi connectivity index (χ4v) is 4.15. The van der Waals surface area contributed by atoms with Crippen molar-refractivity contribution in [2.45, 2.75) is 13.0 Å². The molecule has 1 aromatic carbocycles. The molecule has 0 saturated carbocycles. The highest BCUT2D eigenvalue weighted by Crippen LogP contribution is 2.43. The standard InChI is InChI=1S/C21H15ClN2O3S/c1-12-13(22)6-4-8-15(12)24-18(14-7-2-3-10-23-14)17(20(26)21(24)27)19(25)16-9-5-11-28-16/h2-11,18,26H,1H3. The van der Waals surface area contributed by atoms with Gasteiger partial charge in [-0.3, -0.25) is 19.5 Å². The molecule has 1 aliphatic rings. The number of halogens is 1. The maximum absolute atomic E-state index is 13.1. The smallest absolute Gasteiger partial charge is 0.294 e. The summed E-state index contributed by atoms with van der Waals surface area (Å²) in [7, 11) is 0. The highest BCUT2D eigenvalue weighted by Gasteiger charge is 2.46. The highest BCUT2D eigenvalue weighted by molar-refractivity contribution is 7.12. The first-order valence-electron chi connectivity index (χ1n) is 8.51. The number of rotatable bonds is 4. The quantitative estimate of drug-likeness (QED) is 0.622. The summed E-state index contributed by atoms with van der Waals surface area (Å²) in [5.74, 6) is -1.60. The van der Waals surface area contributed by atoms with Crippen LogP contribution in [0.4, 0.5) is 5.69 Å². The molecule has 2 aromatic heterocycles. The number of carbonyl (C=O) groups excluding carboxylic acids is 2. The molecule has 0 bridgehead atoms. The van der Waals surface area contributed by atoms with Crippen molar-refractivity contribution in [3.63, 3.8) is 0 Å². The van der Waals surface area contributed by atoms with Crippen LogP contribution in [0.25, 0.3) is 0 Å². The van der Waals surface area contributed by atoms with Gasteiger partial charge in [-0.2, -0.15) is 0 Å². The molecule has 0 fully saturated rings. The number of aliphatic hydroxyl groups is 1. The number of pyridine rings is 1. The van der Waals surface area contributed by atoms with Crippen LogP contribution in [0.1, 0.15) is 27.0 Å². The SMILES string of the molecule is Cc1c(Cl)cccc1N1C(=O)C(O)=C(C(=O)c2cccs2)C1c1ccccn1. The van der Waals surface area contributed by atoms with E-state index in [1.807, 2.05) is 0 Å².